The van der Waals surface area contributed by atoms with E-state index >= 15 is 0 Å². The highest BCUT2D eigenvalue weighted by molar-refractivity contribution is 5.86. The van der Waals surface area contributed by atoms with E-state index in [1.54, 1.807) is 0 Å². The molecule has 0 spiro atoms. The van der Waals surface area contributed by atoms with Crippen molar-refractivity contribution in [2.45, 2.75) is 38.0 Å². The van der Waals surface area contributed by atoms with Gasteiger partial charge in [0.15, 0.2) is 0 Å². The van der Waals surface area contributed by atoms with E-state index in [1.807, 2.05) is 18.3 Å². The van der Waals surface area contributed by atoms with Crippen LogP contribution in [0, 0.1) is 11.3 Å². The Morgan fingerprint density at radius 2 is 1.54 bits per heavy atom. The summed E-state index contributed by atoms with van der Waals surface area (Å²) in [6, 6.07) is 23.8. The molecule has 0 bridgehead atoms. The normalized spacial score (nSPS) is 18.5. The summed E-state index contributed by atoms with van der Waals surface area (Å²) in [4.78, 5) is 4.63. The van der Waals surface area contributed by atoms with E-state index < -0.39 is 0 Å². The first-order chi connectivity index (χ1) is 13.6. The molecule has 1 fully saturated rings. The van der Waals surface area contributed by atoms with E-state index in [0.717, 1.165) is 10.9 Å². The summed E-state index contributed by atoms with van der Waals surface area (Å²) < 4.78 is 0. The molecule has 4 aromatic rings. The van der Waals surface area contributed by atoms with Gasteiger partial charge in [0.1, 0.15) is 0 Å². The van der Waals surface area contributed by atoms with Gasteiger partial charge in [0.05, 0.1) is 17.3 Å². The second kappa shape index (κ2) is 6.46. The van der Waals surface area contributed by atoms with Gasteiger partial charge < -0.3 is 0 Å². The molecule has 2 nitrogen and oxygen atoms in total. The average molecular weight is 362 g/mol. The molecule has 1 aliphatic rings. The van der Waals surface area contributed by atoms with Crippen LogP contribution in [-0.2, 0) is 0 Å². The van der Waals surface area contributed by atoms with Crippen LogP contribution in [0.2, 0.25) is 0 Å². The van der Waals surface area contributed by atoms with Gasteiger partial charge in [-0.05, 0) is 75.7 Å². The zero-order valence-corrected chi connectivity index (χ0v) is 16.2. The van der Waals surface area contributed by atoms with E-state index in [-0.39, 0.29) is 0 Å². The molecule has 1 aliphatic carbocycles. The van der Waals surface area contributed by atoms with Gasteiger partial charge in [-0.3, -0.25) is 4.98 Å². The maximum Gasteiger partial charge on any atom is 0.0991 e. The van der Waals surface area contributed by atoms with Crippen molar-refractivity contribution >= 4 is 21.5 Å². The number of aromatic nitrogens is 1. The fourth-order valence-corrected chi connectivity index (χ4v) is 4.40. The van der Waals surface area contributed by atoms with Gasteiger partial charge in [0, 0.05) is 11.6 Å². The van der Waals surface area contributed by atoms with Crippen LogP contribution in [0.1, 0.15) is 60.4 Å². The lowest BCUT2D eigenvalue weighted by Crippen LogP contribution is -1.94. The minimum atomic E-state index is 0.424. The van der Waals surface area contributed by atoms with Crippen molar-refractivity contribution in [3.63, 3.8) is 0 Å². The van der Waals surface area contributed by atoms with Crippen molar-refractivity contribution in [1.82, 2.24) is 4.98 Å². The summed E-state index contributed by atoms with van der Waals surface area (Å²) in [5, 5.41) is 14.0. The molecule has 0 amide bonds. The summed E-state index contributed by atoms with van der Waals surface area (Å²) in [5.74, 6) is 1.59. The maximum absolute atomic E-state index is 9.09. The Morgan fingerprint density at radius 1 is 0.857 bits per heavy atom. The number of rotatable bonds is 3. The number of benzene rings is 3. The molecule has 2 heteroatoms. The van der Waals surface area contributed by atoms with Crippen LogP contribution >= 0.6 is 0 Å². The second-order valence-electron chi connectivity index (χ2n) is 8.21. The monoisotopic (exact) mass is 362 g/mol. The first kappa shape index (κ1) is 17.0. The Bertz CT molecular complexity index is 1250. The molecular formula is C26H22N2. The largest absolute Gasteiger partial charge is 0.260 e. The molecule has 1 aromatic heterocycles. The maximum atomic E-state index is 9.09. The Hall–Kier alpha value is -3.18. The average Bonchev–Trinajstić information content (AvgIpc) is 3.53. The molecule has 0 aliphatic heterocycles. The predicted molar refractivity (Wildman–Crippen MR) is 115 cm³/mol. The van der Waals surface area contributed by atoms with E-state index in [0.29, 0.717) is 17.8 Å². The van der Waals surface area contributed by atoms with Crippen LogP contribution in [0.15, 0.2) is 66.9 Å². The molecule has 0 N–H and O–H groups in total. The molecule has 0 radical (unpaired) electrons. The predicted octanol–water partition coefficient (Wildman–Crippen LogP) is 6.65. The first-order valence-electron chi connectivity index (χ1n) is 9.96. The number of hydrogen-bond donors (Lipinski definition) is 0. The molecule has 3 aromatic carbocycles. The first-order valence-corrected chi connectivity index (χ1v) is 9.96. The summed E-state index contributed by atoms with van der Waals surface area (Å²) in [6.07, 6.45) is 3.12. The lowest BCUT2D eigenvalue weighted by molar-refractivity contribution is 0.834. The van der Waals surface area contributed by atoms with Crippen molar-refractivity contribution in [2.24, 2.45) is 0 Å². The smallest absolute Gasteiger partial charge is 0.0991 e. The van der Waals surface area contributed by atoms with Gasteiger partial charge in [-0.1, -0.05) is 50.2 Å². The summed E-state index contributed by atoms with van der Waals surface area (Å²) in [7, 11) is 0. The molecule has 2 atom stereocenters. The third kappa shape index (κ3) is 2.84. The van der Waals surface area contributed by atoms with E-state index in [9.17, 15) is 0 Å². The highest BCUT2D eigenvalue weighted by atomic mass is 14.7. The standard InChI is InChI=1S/C26H22N2/c1-16(2)26-25-13-22(7-5-18(25)9-10-28-26)24-14-23(24)21-8-6-19-11-17(15-27)3-4-20(19)12-21/h3-13,16,23-24H,14H2,1-2H3. The Labute approximate surface area is 165 Å². The topological polar surface area (TPSA) is 36.7 Å². The van der Waals surface area contributed by atoms with Gasteiger partial charge in [0.25, 0.3) is 0 Å². The van der Waals surface area contributed by atoms with Crippen molar-refractivity contribution in [3.8, 4) is 6.07 Å². The zero-order valence-electron chi connectivity index (χ0n) is 16.2. The van der Waals surface area contributed by atoms with E-state index in [2.05, 4.69) is 73.4 Å². The lowest BCUT2D eigenvalue weighted by Gasteiger charge is -2.10. The number of fused-ring (bicyclic) bond motifs is 2. The number of hydrogen-bond acceptors (Lipinski definition) is 2. The lowest BCUT2D eigenvalue weighted by atomic mass is 9.96. The zero-order chi connectivity index (χ0) is 19.3. The summed E-state index contributed by atoms with van der Waals surface area (Å²) in [5.41, 5.74) is 4.73. The third-order valence-corrected chi connectivity index (χ3v) is 6.01. The minimum Gasteiger partial charge on any atom is -0.260 e. The molecular weight excluding hydrogens is 340 g/mol. The molecule has 5 rings (SSSR count). The highest BCUT2D eigenvalue weighted by Crippen LogP contribution is 2.55. The van der Waals surface area contributed by atoms with Gasteiger partial charge in [-0.2, -0.15) is 5.26 Å². The van der Waals surface area contributed by atoms with Crippen LogP contribution in [0.3, 0.4) is 0 Å². The number of pyridine rings is 1. The SMILES string of the molecule is CC(C)c1nccc2ccc(C3CC3c3ccc4cc(C#N)ccc4c3)cc12. The highest BCUT2D eigenvalue weighted by Gasteiger charge is 2.39. The van der Waals surface area contributed by atoms with Crippen molar-refractivity contribution < 1.29 is 0 Å². The number of nitrogens with zero attached hydrogens (tertiary/aromatic N) is 2. The van der Waals surface area contributed by atoms with Crippen LogP contribution in [0.5, 0.6) is 0 Å². The van der Waals surface area contributed by atoms with E-state index in [1.165, 1.54) is 39.4 Å². The van der Waals surface area contributed by atoms with Gasteiger partial charge >= 0.3 is 0 Å². The van der Waals surface area contributed by atoms with Gasteiger partial charge in [-0.25, -0.2) is 0 Å². The molecule has 28 heavy (non-hydrogen) atoms. The molecule has 1 heterocycles. The summed E-state index contributed by atoms with van der Waals surface area (Å²) >= 11 is 0. The van der Waals surface area contributed by atoms with Crippen molar-refractivity contribution in [1.29, 1.82) is 5.26 Å². The molecule has 0 saturated heterocycles. The van der Waals surface area contributed by atoms with Crippen LogP contribution in [-0.4, -0.2) is 4.98 Å². The fourth-order valence-electron chi connectivity index (χ4n) is 4.40. The van der Waals surface area contributed by atoms with Gasteiger partial charge in [0.2, 0.25) is 0 Å². The second-order valence-corrected chi connectivity index (χ2v) is 8.21. The Kier molecular flexibility index (Phi) is 3.91. The van der Waals surface area contributed by atoms with Crippen LogP contribution in [0.25, 0.3) is 21.5 Å². The van der Waals surface area contributed by atoms with Crippen molar-refractivity contribution in [3.05, 3.63) is 89.2 Å². The quantitative estimate of drug-likeness (QED) is 0.409. The van der Waals surface area contributed by atoms with Gasteiger partial charge in [-0.15, -0.1) is 0 Å². The summed E-state index contributed by atoms with van der Waals surface area (Å²) in [6.45, 7) is 4.42. The van der Waals surface area contributed by atoms with Crippen molar-refractivity contribution in [2.75, 3.05) is 0 Å². The third-order valence-electron chi connectivity index (χ3n) is 6.01. The van der Waals surface area contributed by atoms with E-state index in [4.69, 9.17) is 5.26 Å². The molecule has 136 valence electrons. The fraction of sp³-hybridized carbons (Fsp3) is 0.231. The Balaban J connectivity index is 1.48. The molecule has 2 unspecified atom stereocenters. The minimum absolute atomic E-state index is 0.424. The van der Waals surface area contributed by atoms with Crippen LogP contribution in [0.4, 0.5) is 0 Å². The van der Waals surface area contributed by atoms with Crippen LogP contribution < -0.4 is 0 Å². The number of nitriles is 1. The Morgan fingerprint density at radius 3 is 2.29 bits per heavy atom. The molecule has 1 saturated carbocycles.